The average molecular weight is 396 g/mol. The van der Waals surface area contributed by atoms with Crippen molar-refractivity contribution in [3.63, 3.8) is 0 Å². The molecule has 1 saturated heterocycles. The number of amides is 1. The van der Waals surface area contributed by atoms with E-state index >= 15 is 0 Å². The van der Waals surface area contributed by atoms with Gasteiger partial charge in [-0.3, -0.25) is 14.5 Å². The lowest BCUT2D eigenvalue weighted by molar-refractivity contribution is 0.0716. The molecule has 1 unspecified atom stereocenters. The summed E-state index contributed by atoms with van der Waals surface area (Å²) in [5, 5.41) is 8.52. The molecular formula is C23H33N5O. The third kappa shape index (κ3) is 4.69. The fourth-order valence-corrected chi connectivity index (χ4v) is 4.64. The summed E-state index contributed by atoms with van der Waals surface area (Å²) in [4.78, 5) is 19.4. The molecule has 6 heteroatoms. The van der Waals surface area contributed by atoms with Gasteiger partial charge in [0.15, 0.2) is 5.69 Å². The van der Waals surface area contributed by atoms with Gasteiger partial charge in [-0.15, -0.1) is 0 Å². The first kappa shape index (κ1) is 20.1. The molecule has 0 aromatic carbocycles. The molecule has 1 atom stereocenters. The Hall–Kier alpha value is -2.21. The van der Waals surface area contributed by atoms with Gasteiger partial charge in [-0.2, -0.15) is 5.10 Å². The second kappa shape index (κ2) is 9.53. The second-order valence-corrected chi connectivity index (χ2v) is 8.35. The van der Waals surface area contributed by atoms with Gasteiger partial charge in [0.2, 0.25) is 0 Å². The second-order valence-electron chi connectivity index (χ2n) is 8.35. The topological polar surface area (TPSA) is 63.1 Å². The van der Waals surface area contributed by atoms with Crippen LogP contribution in [0, 0.1) is 0 Å². The lowest BCUT2D eigenvalue weighted by atomic mass is 9.90. The van der Waals surface area contributed by atoms with Gasteiger partial charge >= 0.3 is 0 Å². The van der Waals surface area contributed by atoms with Crippen LogP contribution in [0.4, 0.5) is 0 Å². The van der Waals surface area contributed by atoms with Crippen molar-refractivity contribution in [1.82, 2.24) is 25.0 Å². The van der Waals surface area contributed by atoms with Crippen LogP contribution in [0.3, 0.4) is 0 Å². The molecule has 1 N–H and O–H groups in total. The number of nitrogens with one attached hydrogen (secondary N) is 1. The van der Waals surface area contributed by atoms with E-state index in [1.807, 2.05) is 23.4 Å². The molecule has 1 amide bonds. The summed E-state index contributed by atoms with van der Waals surface area (Å²) in [6, 6.07) is 4.52. The first-order chi connectivity index (χ1) is 14.3. The zero-order valence-electron chi connectivity index (χ0n) is 17.6. The van der Waals surface area contributed by atoms with Gasteiger partial charge in [0.1, 0.15) is 0 Å². The van der Waals surface area contributed by atoms with Crippen molar-refractivity contribution >= 4 is 5.91 Å². The standard InChI is InChI=1S/C23H33N5O/c1-2-13-28-21-9-8-19(25-12-10-18-7-6-11-24-17-18)16-20(21)22(26-28)23(29)27-14-4-3-5-15-27/h6-7,11,17,19,25H,2-5,8-10,12-16H2,1H3. The average Bonchev–Trinajstić information content (AvgIpc) is 3.13. The first-order valence-electron chi connectivity index (χ1n) is 11.3. The number of hydrogen-bond acceptors (Lipinski definition) is 4. The van der Waals surface area contributed by atoms with Crippen LogP contribution in [0.5, 0.6) is 0 Å². The quantitative estimate of drug-likeness (QED) is 0.783. The molecule has 2 aliphatic rings. The van der Waals surface area contributed by atoms with Gasteiger partial charge in [0.25, 0.3) is 5.91 Å². The summed E-state index contributed by atoms with van der Waals surface area (Å²) in [5.41, 5.74) is 4.46. The molecule has 0 radical (unpaired) electrons. The van der Waals surface area contributed by atoms with Crippen molar-refractivity contribution in [2.24, 2.45) is 0 Å². The molecule has 3 heterocycles. The molecule has 0 saturated carbocycles. The summed E-state index contributed by atoms with van der Waals surface area (Å²) in [6.07, 6.45) is 12.2. The zero-order valence-corrected chi connectivity index (χ0v) is 17.6. The van der Waals surface area contributed by atoms with Gasteiger partial charge < -0.3 is 10.2 Å². The van der Waals surface area contributed by atoms with E-state index in [1.54, 1.807) is 0 Å². The van der Waals surface area contributed by atoms with Gasteiger partial charge in [-0.1, -0.05) is 13.0 Å². The number of pyridine rings is 1. The highest BCUT2D eigenvalue weighted by Crippen LogP contribution is 2.27. The Morgan fingerprint density at radius 1 is 1.28 bits per heavy atom. The van der Waals surface area contributed by atoms with Crippen LogP contribution in [0.25, 0.3) is 0 Å². The Labute approximate surface area is 173 Å². The fraction of sp³-hybridized carbons (Fsp3) is 0.609. The number of aromatic nitrogens is 3. The van der Waals surface area contributed by atoms with Crippen LogP contribution >= 0.6 is 0 Å². The van der Waals surface area contributed by atoms with Crippen molar-refractivity contribution in [3.8, 4) is 0 Å². The van der Waals surface area contributed by atoms with Crippen molar-refractivity contribution in [2.75, 3.05) is 19.6 Å². The summed E-state index contributed by atoms with van der Waals surface area (Å²) in [7, 11) is 0. The lowest BCUT2D eigenvalue weighted by Gasteiger charge is -2.28. The Bertz CT molecular complexity index is 810. The molecule has 29 heavy (non-hydrogen) atoms. The summed E-state index contributed by atoms with van der Waals surface area (Å²) in [5.74, 6) is 0.145. The molecule has 156 valence electrons. The number of carbonyl (C=O) groups is 1. The number of nitrogens with zero attached hydrogens (tertiary/aromatic N) is 4. The van der Waals surface area contributed by atoms with E-state index in [0.717, 1.165) is 71.1 Å². The number of rotatable bonds is 7. The van der Waals surface area contributed by atoms with Gasteiger partial charge in [-0.05, 0) is 69.5 Å². The van der Waals surface area contributed by atoms with Gasteiger partial charge in [0, 0.05) is 49.3 Å². The van der Waals surface area contributed by atoms with E-state index < -0.39 is 0 Å². The molecule has 0 spiro atoms. The summed E-state index contributed by atoms with van der Waals surface area (Å²) >= 11 is 0. The van der Waals surface area contributed by atoms with E-state index in [4.69, 9.17) is 5.10 Å². The highest BCUT2D eigenvalue weighted by atomic mass is 16.2. The maximum Gasteiger partial charge on any atom is 0.274 e. The minimum atomic E-state index is 0.145. The summed E-state index contributed by atoms with van der Waals surface area (Å²) in [6.45, 7) is 5.76. The Morgan fingerprint density at radius 2 is 2.14 bits per heavy atom. The number of fused-ring (bicyclic) bond motifs is 1. The molecule has 2 aromatic heterocycles. The van der Waals surface area contributed by atoms with E-state index in [-0.39, 0.29) is 5.91 Å². The molecule has 1 aliphatic carbocycles. The monoisotopic (exact) mass is 395 g/mol. The lowest BCUT2D eigenvalue weighted by Crippen LogP contribution is -2.38. The van der Waals surface area contributed by atoms with Crippen molar-refractivity contribution in [3.05, 3.63) is 47.0 Å². The number of carbonyl (C=O) groups excluding carboxylic acids is 1. The SMILES string of the molecule is CCCn1nc(C(=O)N2CCCCC2)c2c1CCC(NCCc1cccnc1)C2. The molecule has 1 aliphatic heterocycles. The molecule has 0 bridgehead atoms. The normalized spacial score (nSPS) is 19.2. The number of hydrogen-bond donors (Lipinski definition) is 1. The number of aryl methyl sites for hydroxylation is 1. The van der Waals surface area contributed by atoms with Gasteiger partial charge in [-0.25, -0.2) is 0 Å². The van der Waals surface area contributed by atoms with E-state index in [1.165, 1.54) is 23.2 Å². The van der Waals surface area contributed by atoms with Crippen molar-refractivity contribution in [2.45, 2.75) is 70.9 Å². The van der Waals surface area contributed by atoms with Crippen LogP contribution < -0.4 is 5.32 Å². The molecule has 1 fully saturated rings. The fourth-order valence-electron chi connectivity index (χ4n) is 4.64. The predicted molar refractivity (Wildman–Crippen MR) is 114 cm³/mol. The number of likely N-dealkylation sites (tertiary alicyclic amines) is 1. The molecule has 4 rings (SSSR count). The minimum Gasteiger partial charge on any atom is -0.337 e. The third-order valence-electron chi connectivity index (χ3n) is 6.20. The largest absolute Gasteiger partial charge is 0.337 e. The van der Waals surface area contributed by atoms with Gasteiger partial charge in [0.05, 0.1) is 0 Å². The van der Waals surface area contributed by atoms with Crippen molar-refractivity contribution in [1.29, 1.82) is 0 Å². The smallest absolute Gasteiger partial charge is 0.274 e. The van der Waals surface area contributed by atoms with Crippen LogP contribution in [0.15, 0.2) is 24.5 Å². The zero-order chi connectivity index (χ0) is 20.1. The Balaban J connectivity index is 1.45. The van der Waals surface area contributed by atoms with Crippen LogP contribution in [0.1, 0.15) is 66.3 Å². The highest BCUT2D eigenvalue weighted by Gasteiger charge is 2.31. The third-order valence-corrected chi connectivity index (χ3v) is 6.20. The maximum atomic E-state index is 13.2. The van der Waals surface area contributed by atoms with E-state index in [0.29, 0.717) is 11.7 Å². The predicted octanol–water partition coefficient (Wildman–Crippen LogP) is 3.00. The summed E-state index contributed by atoms with van der Waals surface area (Å²) < 4.78 is 2.11. The molecular weight excluding hydrogens is 362 g/mol. The Kier molecular flexibility index (Phi) is 6.60. The first-order valence-corrected chi connectivity index (χ1v) is 11.3. The number of piperidine rings is 1. The minimum absolute atomic E-state index is 0.145. The molecule has 2 aromatic rings. The molecule has 6 nitrogen and oxygen atoms in total. The van der Waals surface area contributed by atoms with Crippen LogP contribution in [0.2, 0.25) is 0 Å². The van der Waals surface area contributed by atoms with E-state index in [9.17, 15) is 4.79 Å². The van der Waals surface area contributed by atoms with Crippen molar-refractivity contribution < 1.29 is 4.79 Å². The van der Waals surface area contributed by atoms with E-state index in [2.05, 4.69) is 28.0 Å². The Morgan fingerprint density at radius 3 is 2.90 bits per heavy atom. The highest BCUT2D eigenvalue weighted by molar-refractivity contribution is 5.94. The van der Waals surface area contributed by atoms with Crippen LogP contribution in [-0.2, 0) is 25.8 Å². The maximum absolute atomic E-state index is 13.2. The van der Waals surface area contributed by atoms with Crippen LogP contribution in [-0.4, -0.2) is 51.2 Å².